The second kappa shape index (κ2) is 16.4. The summed E-state index contributed by atoms with van der Waals surface area (Å²) in [6.07, 6.45) is 9.63. The molecule has 1 saturated heterocycles. The molecule has 0 atom stereocenters. The number of aromatic nitrogens is 2. The summed E-state index contributed by atoms with van der Waals surface area (Å²) in [6.45, 7) is 5.54. The third-order valence-corrected chi connectivity index (χ3v) is 7.15. The molecule has 1 fully saturated rings. The third kappa shape index (κ3) is 11.0. The smallest absolute Gasteiger partial charge is 0.322 e. The molecule has 0 saturated carbocycles. The first kappa shape index (κ1) is 34.1. The van der Waals surface area contributed by atoms with Crippen LogP contribution >= 0.6 is 24.8 Å². The zero-order chi connectivity index (χ0) is 27.7. The van der Waals surface area contributed by atoms with Gasteiger partial charge in [0.1, 0.15) is 17.8 Å². The highest BCUT2D eigenvalue weighted by molar-refractivity contribution is 7.92. The fourth-order valence-electron chi connectivity index (χ4n) is 4.59. The van der Waals surface area contributed by atoms with E-state index in [1.807, 2.05) is 17.0 Å². The van der Waals surface area contributed by atoms with Crippen LogP contribution in [0.15, 0.2) is 67.3 Å². The molecular formula is C28H38Cl2N6O4S. The number of halogens is 2. The fourth-order valence-corrected chi connectivity index (χ4v) is 5.15. The number of amides is 2. The zero-order valence-electron chi connectivity index (χ0n) is 23.2. The maximum Gasteiger partial charge on any atom is 0.322 e. The Morgan fingerprint density at radius 1 is 0.976 bits per heavy atom. The van der Waals surface area contributed by atoms with Gasteiger partial charge in [-0.3, -0.25) is 9.62 Å². The number of benzene rings is 2. The Kier molecular flexibility index (Phi) is 13.6. The lowest BCUT2D eigenvalue weighted by Crippen LogP contribution is -2.49. The second-order valence-corrected chi connectivity index (χ2v) is 11.5. The van der Waals surface area contributed by atoms with Gasteiger partial charge < -0.3 is 15.0 Å². The monoisotopic (exact) mass is 624 g/mol. The number of likely N-dealkylation sites (tertiary alicyclic amines) is 1. The summed E-state index contributed by atoms with van der Waals surface area (Å²) >= 11 is 0. The lowest BCUT2D eigenvalue weighted by atomic mass is 10.0. The number of rotatable bonds is 11. The predicted octanol–water partition coefficient (Wildman–Crippen LogP) is 5.78. The van der Waals surface area contributed by atoms with Crippen LogP contribution in [0, 0.1) is 0 Å². The number of hydrogen-bond donors (Lipinski definition) is 2. The molecular weight excluding hydrogens is 587 g/mol. The van der Waals surface area contributed by atoms with E-state index in [1.165, 1.54) is 11.9 Å². The van der Waals surface area contributed by atoms with Crippen molar-refractivity contribution in [2.24, 2.45) is 0 Å². The van der Waals surface area contributed by atoms with E-state index in [1.54, 1.807) is 36.7 Å². The number of anilines is 2. The van der Waals surface area contributed by atoms with Crippen LogP contribution in [0.5, 0.6) is 11.5 Å². The van der Waals surface area contributed by atoms with Gasteiger partial charge in [-0.05, 0) is 61.2 Å². The number of nitrogens with zero attached hydrogens (tertiary/aromatic N) is 4. The molecule has 1 aromatic heterocycles. The SMILES string of the molecule is CCCCN(C(=O)Nc1cncnc1)C1CCN(Cc2ccc(Oc3ccc(NS(C)(=O)=O)cc3)cc2)CC1.Cl.Cl. The van der Waals surface area contributed by atoms with E-state index in [2.05, 4.69) is 44.0 Å². The number of piperidine rings is 1. The van der Waals surface area contributed by atoms with Crippen molar-refractivity contribution in [1.29, 1.82) is 0 Å². The third-order valence-electron chi connectivity index (χ3n) is 6.55. The molecule has 0 radical (unpaired) electrons. The van der Waals surface area contributed by atoms with E-state index in [-0.39, 0.29) is 36.9 Å². The van der Waals surface area contributed by atoms with Crippen molar-refractivity contribution < 1.29 is 17.9 Å². The molecule has 10 nitrogen and oxygen atoms in total. The Balaban J connectivity index is 0.00000294. The molecule has 2 amide bonds. The van der Waals surface area contributed by atoms with Crippen LogP contribution in [0.1, 0.15) is 38.2 Å². The summed E-state index contributed by atoms with van der Waals surface area (Å²) in [5.74, 6) is 1.34. The first-order valence-electron chi connectivity index (χ1n) is 13.2. The fraction of sp³-hybridized carbons (Fsp3) is 0.393. The summed E-state index contributed by atoms with van der Waals surface area (Å²) in [5, 5.41) is 2.94. The van der Waals surface area contributed by atoms with Crippen LogP contribution in [0.4, 0.5) is 16.2 Å². The minimum Gasteiger partial charge on any atom is -0.457 e. The van der Waals surface area contributed by atoms with Crippen molar-refractivity contribution in [1.82, 2.24) is 19.8 Å². The number of urea groups is 1. The molecule has 1 aliphatic rings. The average molecular weight is 626 g/mol. The highest BCUT2D eigenvalue weighted by Crippen LogP contribution is 2.25. The van der Waals surface area contributed by atoms with Crippen LogP contribution < -0.4 is 14.8 Å². The molecule has 2 heterocycles. The number of carbonyl (C=O) groups is 1. The maximum atomic E-state index is 13.0. The molecule has 0 bridgehead atoms. The van der Waals surface area contributed by atoms with Gasteiger partial charge in [0.25, 0.3) is 0 Å². The van der Waals surface area contributed by atoms with Crippen LogP contribution in [0.3, 0.4) is 0 Å². The Bertz CT molecular complexity index is 1310. The molecule has 1 aliphatic heterocycles. The summed E-state index contributed by atoms with van der Waals surface area (Å²) in [4.78, 5) is 25.4. The largest absolute Gasteiger partial charge is 0.457 e. The van der Waals surface area contributed by atoms with Crippen molar-refractivity contribution >= 4 is 52.2 Å². The van der Waals surface area contributed by atoms with Crippen LogP contribution in [0.2, 0.25) is 0 Å². The van der Waals surface area contributed by atoms with Crippen LogP contribution in [-0.4, -0.2) is 66.1 Å². The molecule has 2 N–H and O–H groups in total. The normalized spacial score (nSPS) is 13.8. The standard InChI is InChI=1S/C28H36N6O4S.2ClH/c1-3-4-15-34(28(35)31-24-18-29-21-30-19-24)25-13-16-33(17-14-25)20-22-5-9-26(10-6-22)38-27-11-7-23(8-12-27)32-39(2,36)37;;/h5-12,18-19,21,25,32H,3-4,13-17,20H2,1-2H3,(H,31,35);2*1H. The molecule has 4 rings (SSSR count). The van der Waals surface area contributed by atoms with Crippen molar-refractivity contribution in [3.8, 4) is 11.5 Å². The lowest BCUT2D eigenvalue weighted by molar-refractivity contribution is 0.122. The van der Waals surface area contributed by atoms with Gasteiger partial charge in [0.05, 0.1) is 24.3 Å². The summed E-state index contributed by atoms with van der Waals surface area (Å²) in [5.41, 5.74) is 2.29. The lowest BCUT2D eigenvalue weighted by Gasteiger charge is -2.38. The number of ether oxygens (including phenoxy) is 1. The Labute approximate surface area is 254 Å². The van der Waals surface area contributed by atoms with Gasteiger partial charge in [-0.25, -0.2) is 23.2 Å². The van der Waals surface area contributed by atoms with Crippen LogP contribution in [0.25, 0.3) is 0 Å². The van der Waals surface area contributed by atoms with E-state index >= 15 is 0 Å². The highest BCUT2D eigenvalue weighted by Gasteiger charge is 2.28. The van der Waals surface area contributed by atoms with E-state index in [0.29, 0.717) is 22.9 Å². The number of unbranched alkanes of at least 4 members (excludes halogenated alkanes) is 1. The van der Waals surface area contributed by atoms with Crippen molar-refractivity contribution in [2.45, 2.75) is 45.2 Å². The van der Waals surface area contributed by atoms with Crippen LogP contribution in [-0.2, 0) is 16.6 Å². The average Bonchev–Trinajstić information content (AvgIpc) is 2.92. The zero-order valence-corrected chi connectivity index (χ0v) is 25.7. The van der Waals surface area contributed by atoms with Crippen molar-refractivity contribution in [2.75, 3.05) is 35.9 Å². The van der Waals surface area contributed by atoms with E-state index in [0.717, 1.165) is 58.1 Å². The number of nitrogens with one attached hydrogen (secondary N) is 2. The molecule has 3 aromatic rings. The quantitative estimate of drug-likeness (QED) is 0.277. The van der Waals surface area contributed by atoms with Crippen molar-refractivity contribution in [3.05, 3.63) is 72.8 Å². The van der Waals surface area contributed by atoms with E-state index in [9.17, 15) is 13.2 Å². The molecule has 0 unspecified atom stereocenters. The molecule has 0 spiro atoms. The van der Waals surface area contributed by atoms with Crippen molar-refractivity contribution in [3.63, 3.8) is 0 Å². The van der Waals surface area contributed by atoms with Gasteiger partial charge in [-0.2, -0.15) is 0 Å². The Morgan fingerprint density at radius 3 is 2.12 bits per heavy atom. The molecule has 2 aromatic carbocycles. The van der Waals surface area contributed by atoms with E-state index in [4.69, 9.17) is 4.74 Å². The first-order chi connectivity index (χ1) is 18.8. The highest BCUT2D eigenvalue weighted by atomic mass is 35.5. The van der Waals surface area contributed by atoms with Gasteiger partial charge >= 0.3 is 6.03 Å². The minimum absolute atomic E-state index is 0. The van der Waals surface area contributed by atoms with Gasteiger partial charge in [-0.15, -0.1) is 24.8 Å². The van der Waals surface area contributed by atoms with Gasteiger partial charge in [0, 0.05) is 37.9 Å². The minimum atomic E-state index is -3.31. The summed E-state index contributed by atoms with van der Waals surface area (Å²) in [6, 6.07) is 14.9. The summed E-state index contributed by atoms with van der Waals surface area (Å²) in [7, 11) is -3.31. The summed E-state index contributed by atoms with van der Waals surface area (Å²) < 4.78 is 31.1. The number of sulfonamides is 1. The van der Waals surface area contributed by atoms with Gasteiger partial charge in [0.15, 0.2) is 0 Å². The Hall–Kier alpha value is -3.12. The topological polar surface area (TPSA) is 117 Å². The molecule has 0 aliphatic carbocycles. The number of hydrogen-bond acceptors (Lipinski definition) is 7. The first-order valence-corrected chi connectivity index (χ1v) is 15.1. The van der Waals surface area contributed by atoms with Gasteiger partial charge in [-0.1, -0.05) is 25.5 Å². The second-order valence-electron chi connectivity index (χ2n) is 9.76. The molecule has 224 valence electrons. The maximum absolute atomic E-state index is 13.0. The predicted molar refractivity (Wildman–Crippen MR) is 167 cm³/mol. The Morgan fingerprint density at radius 2 is 1.56 bits per heavy atom. The molecule has 41 heavy (non-hydrogen) atoms. The molecule has 13 heteroatoms. The number of carbonyl (C=O) groups excluding carboxylic acids is 1. The van der Waals surface area contributed by atoms with Gasteiger partial charge in [0.2, 0.25) is 10.0 Å². The van der Waals surface area contributed by atoms with E-state index < -0.39 is 10.0 Å².